The Morgan fingerprint density at radius 3 is 2.67 bits per heavy atom. The summed E-state index contributed by atoms with van der Waals surface area (Å²) < 4.78 is 5.32. The molecule has 5 heteroatoms. The molecule has 1 N–H and O–H groups in total. The second-order valence-corrected chi connectivity index (χ2v) is 6.89. The molecule has 2 heterocycles. The van der Waals surface area contributed by atoms with E-state index in [0.717, 1.165) is 18.7 Å². The second kappa shape index (κ2) is 8.85. The highest BCUT2D eigenvalue weighted by Crippen LogP contribution is 2.25. The van der Waals surface area contributed by atoms with Gasteiger partial charge in [0.2, 0.25) is 0 Å². The number of rotatable bonds is 6. The molecule has 0 spiro atoms. The molecule has 128 valence electrons. The number of carbonyl (C=O) groups excluding carboxylic acids is 1. The normalized spacial score (nSPS) is 16.5. The van der Waals surface area contributed by atoms with Gasteiger partial charge in [-0.1, -0.05) is 36.8 Å². The maximum atomic E-state index is 12.0. The van der Waals surface area contributed by atoms with Crippen molar-refractivity contribution in [3.63, 3.8) is 0 Å². The van der Waals surface area contributed by atoms with E-state index >= 15 is 0 Å². The molecule has 1 aromatic carbocycles. The fourth-order valence-corrected chi connectivity index (χ4v) is 3.81. The summed E-state index contributed by atoms with van der Waals surface area (Å²) in [4.78, 5) is 14.5. The molecular formula is C19H24N2O2S. The van der Waals surface area contributed by atoms with Crippen LogP contribution in [0.25, 0.3) is 0 Å². The summed E-state index contributed by atoms with van der Waals surface area (Å²) in [6.07, 6.45) is 3.42. The van der Waals surface area contributed by atoms with Crippen LogP contribution in [0.2, 0.25) is 0 Å². The SMILES string of the molecule is O=C(NCC(c1ccsc1)N1CCCCC1)OCc1ccccc1. The summed E-state index contributed by atoms with van der Waals surface area (Å²) in [7, 11) is 0. The quantitative estimate of drug-likeness (QED) is 0.854. The molecule has 3 rings (SSSR count). The molecular weight excluding hydrogens is 320 g/mol. The first-order valence-corrected chi connectivity index (χ1v) is 9.48. The van der Waals surface area contributed by atoms with E-state index in [2.05, 4.69) is 27.0 Å². The van der Waals surface area contributed by atoms with E-state index in [-0.39, 0.29) is 12.1 Å². The van der Waals surface area contributed by atoms with Crippen molar-refractivity contribution >= 4 is 17.4 Å². The molecule has 1 fully saturated rings. The topological polar surface area (TPSA) is 41.6 Å². The Hall–Kier alpha value is -1.85. The Morgan fingerprint density at radius 1 is 1.17 bits per heavy atom. The molecule has 1 aromatic heterocycles. The molecule has 1 amide bonds. The van der Waals surface area contributed by atoms with Crippen molar-refractivity contribution in [1.29, 1.82) is 0 Å². The largest absolute Gasteiger partial charge is 0.445 e. The predicted octanol–water partition coefficient (Wildman–Crippen LogP) is 4.20. The molecule has 1 saturated heterocycles. The Balaban J connectivity index is 1.52. The van der Waals surface area contributed by atoms with E-state index in [1.54, 1.807) is 11.3 Å². The van der Waals surface area contributed by atoms with Crippen molar-refractivity contribution in [2.75, 3.05) is 19.6 Å². The van der Waals surface area contributed by atoms with E-state index in [0.29, 0.717) is 13.2 Å². The second-order valence-electron chi connectivity index (χ2n) is 6.11. The summed E-state index contributed by atoms with van der Waals surface area (Å²) >= 11 is 1.70. The van der Waals surface area contributed by atoms with Gasteiger partial charge >= 0.3 is 6.09 Å². The highest BCUT2D eigenvalue weighted by Gasteiger charge is 2.23. The van der Waals surface area contributed by atoms with Crippen molar-refractivity contribution in [2.45, 2.75) is 31.9 Å². The monoisotopic (exact) mass is 344 g/mol. The fraction of sp³-hybridized carbons (Fsp3) is 0.421. The fourth-order valence-electron chi connectivity index (χ4n) is 3.11. The average Bonchev–Trinajstić information content (AvgIpc) is 3.16. The van der Waals surface area contributed by atoms with Crippen LogP contribution in [-0.2, 0) is 11.3 Å². The van der Waals surface area contributed by atoms with Crippen LogP contribution in [0.1, 0.15) is 36.4 Å². The number of nitrogens with zero attached hydrogens (tertiary/aromatic N) is 1. The molecule has 0 aliphatic carbocycles. The van der Waals surface area contributed by atoms with Gasteiger partial charge in [0.15, 0.2) is 0 Å². The van der Waals surface area contributed by atoms with Gasteiger partial charge in [0.05, 0.1) is 6.04 Å². The van der Waals surface area contributed by atoms with Gasteiger partial charge in [-0.25, -0.2) is 4.79 Å². The maximum absolute atomic E-state index is 12.0. The predicted molar refractivity (Wildman–Crippen MR) is 97.1 cm³/mol. The van der Waals surface area contributed by atoms with Gasteiger partial charge in [-0.3, -0.25) is 4.90 Å². The van der Waals surface area contributed by atoms with Crippen LogP contribution in [0.15, 0.2) is 47.2 Å². The lowest BCUT2D eigenvalue weighted by Gasteiger charge is -2.34. The van der Waals surface area contributed by atoms with E-state index in [4.69, 9.17) is 4.74 Å². The van der Waals surface area contributed by atoms with Gasteiger partial charge in [0.1, 0.15) is 6.61 Å². The zero-order valence-corrected chi connectivity index (χ0v) is 14.6. The number of carbonyl (C=O) groups is 1. The van der Waals surface area contributed by atoms with Crippen molar-refractivity contribution in [3.05, 3.63) is 58.3 Å². The molecule has 1 unspecified atom stereocenters. The first-order valence-electron chi connectivity index (χ1n) is 8.53. The summed E-state index contributed by atoms with van der Waals surface area (Å²) in [6, 6.07) is 12.1. The lowest BCUT2D eigenvalue weighted by atomic mass is 10.0. The van der Waals surface area contributed by atoms with E-state index in [9.17, 15) is 4.79 Å². The summed E-state index contributed by atoms with van der Waals surface area (Å²) in [5.74, 6) is 0. The number of likely N-dealkylation sites (tertiary alicyclic amines) is 1. The van der Waals surface area contributed by atoms with Crippen LogP contribution in [0.4, 0.5) is 4.79 Å². The summed E-state index contributed by atoms with van der Waals surface area (Å²) in [5, 5.41) is 7.21. The molecule has 0 bridgehead atoms. The number of benzene rings is 1. The third-order valence-corrected chi connectivity index (χ3v) is 5.11. The van der Waals surface area contributed by atoms with Gasteiger partial charge in [-0.2, -0.15) is 11.3 Å². The van der Waals surface area contributed by atoms with Gasteiger partial charge in [0.25, 0.3) is 0 Å². The smallest absolute Gasteiger partial charge is 0.407 e. The molecule has 1 aliphatic rings. The number of ether oxygens (including phenoxy) is 1. The third kappa shape index (κ3) is 4.82. The molecule has 1 atom stereocenters. The Bertz CT molecular complexity index is 610. The first kappa shape index (κ1) is 17.0. The number of piperidine rings is 1. The minimum absolute atomic E-state index is 0.237. The van der Waals surface area contributed by atoms with Gasteiger partial charge in [-0.05, 0) is 53.9 Å². The molecule has 0 saturated carbocycles. The molecule has 24 heavy (non-hydrogen) atoms. The van der Waals surface area contributed by atoms with Gasteiger partial charge in [-0.15, -0.1) is 0 Å². The number of hydrogen-bond donors (Lipinski definition) is 1. The van der Waals surface area contributed by atoms with Crippen LogP contribution >= 0.6 is 11.3 Å². The zero-order valence-electron chi connectivity index (χ0n) is 13.8. The molecule has 2 aromatic rings. The Labute approximate surface area is 147 Å². The minimum Gasteiger partial charge on any atom is -0.445 e. The van der Waals surface area contributed by atoms with Crippen LogP contribution in [-0.4, -0.2) is 30.6 Å². The Morgan fingerprint density at radius 2 is 1.96 bits per heavy atom. The Kier molecular flexibility index (Phi) is 6.26. The molecule has 1 aliphatic heterocycles. The number of amides is 1. The van der Waals surface area contributed by atoms with Crippen LogP contribution in [0.5, 0.6) is 0 Å². The lowest BCUT2D eigenvalue weighted by molar-refractivity contribution is 0.127. The van der Waals surface area contributed by atoms with Crippen LogP contribution in [0.3, 0.4) is 0 Å². The standard InChI is InChI=1S/C19H24N2O2S/c22-19(23-14-16-7-3-1-4-8-16)20-13-18(17-9-12-24-15-17)21-10-5-2-6-11-21/h1,3-4,7-9,12,15,18H,2,5-6,10-11,13-14H2,(H,20,22). The number of hydrogen-bond acceptors (Lipinski definition) is 4. The highest BCUT2D eigenvalue weighted by atomic mass is 32.1. The van der Waals surface area contributed by atoms with Crippen molar-refractivity contribution in [1.82, 2.24) is 10.2 Å². The summed E-state index contributed by atoms with van der Waals surface area (Å²) in [6.45, 7) is 3.09. The average molecular weight is 344 g/mol. The number of nitrogens with one attached hydrogen (secondary N) is 1. The van der Waals surface area contributed by atoms with E-state index in [1.165, 1.54) is 24.8 Å². The van der Waals surface area contributed by atoms with Crippen molar-refractivity contribution < 1.29 is 9.53 Å². The van der Waals surface area contributed by atoms with E-state index < -0.39 is 0 Å². The van der Waals surface area contributed by atoms with Crippen LogP contribution in [0, 0.1) is 0 Å². The molecule has 4 nitrogen and oxygen atoms in total. The lowest BCUT2D eigenvalue weighted by Crippen LogP contribution is -2.40. The van der Waals surface area contributed by atoms with Gasteiger partial charge in [0, 0.05) is 6.54 Å². The van der Waals surface area contributed by atoms with E-state index in [1.807, 2.05) is 30.3 Å². The first-order chi connectivity index (χ1) is 11.8. The maximum Gasteiger partial charge on any atom is 0.407 e. The number of alkyl carbamates (subject to hydrolysis) is 1. The number of thiophene rings is 1. The van der Waals surface area contributed by atoms with Crippen molar-refractivity contribution in [2.24, 2.45) is 0 Å². The molecule has 0 radical (unpaired) electrons. The zero-order chi connectivity index (χ0) is 16.6. The highest BCUT2D eigenvalue weighted by molar-refractivity contribution is 7.07. The minimum atomic E-state index is -0.351. The third-order valence-electron chi connectivity index (χ3n) is 4.41. The van der Waals surface area contributed by atoms with Gasteiger partial charge < -0.3 is 10.1 Å². The van der Waals surface area contributed by atoms with Crippen LogP contribution < -0.4 is 5.32 Å². The van der Waals surface area contributed by atoms with Crippen molar-refractivity contribution in [3.8, 4) is 0 Å². The summed E-state index contributed by atoms with van der Waals surface area (Å²) in [5.41, 5.74) is 2.28.